The van der Waals surface area contributed by atoms with Crippen molar-refractivity contribution in [1.29, 1.82) is 0 Å². The van der Waals surface area contributed by atoms with E-state index in [0.29, 0.717) is 5.56 Å². The van der Waals surface area contributed by atoms with Gasteiger partial charge in [0, 0.05) is 6.54 Å². The number of halogens is 1. The number of aliphatic hydroxyl groups is 1. The molecule has 0 aliphatic heterocycles. The molecule has 1 amide bonds. The first-order chi connectivity index (χ1) is 11.4. The minimum Gasteiger partial charge on any atom is -0.491 e. The summed E-state index contributed by atoms with van der Waals surface area (Å²) in [5, 5.41) is 12.8. The summed E-state index contributed by atoms with van der Waals surface area (Å²) in [7, 11) is 0. The summed E-state index contributed by atoms with van der Waals surface area (Å²) in [4.78, 5) is 11.9. The average Bonchev–Trinajstić information content (AvgIpc) is 2.55. The highest BCUT2D eigenvalue weighted by Crippen LogP contribution is 2.18. The molecule has 0 saturated carbocycles. The fourth-order valence-corrected chi connectivity index (χ4v) is 2.22. The fourth-order valence-electron chi connectivity index (χ4n) is 2.22. The molecule has 0 aromatic heterocycles. The Hall–Kier alpha value is -2.40. The second kappa shape index (κ2) is 8.45. The third-order valence-corrected chi connectivity index (χ3v) is 3.41. The molecule has 2 aromatic carbocycles. The molecule has 1 unspecified atom stereocenters. The summed E-state index contributed by atoms with van der Waals surface area (Å²) in [6.07, 6.45) is -0.560. The van der Waals surface area contributed by atoms with Crippen LogP contribution in [0.5, 0.6) is 5.75 Å². The van der Waals surface area contributed by atoms with Crippen molar-refractivity contribution in [3.63, 3.8) is 0 Å². The number of ether oxygens (including phenoxy) is 1. The van der Waals surface area contributed by atoms with Gasteiger partial charge < -0.3 is 15.2 Å². The van der Waals surface area contributed by atoms with Crippen LogP contribution in [0.15, 0.2) is 48.5 Å². The van der Waals surface area contributed by atoms with Gasteiger partial charge in [-0.1, -0.05) is 24.3 Å². The molecular formula is C19H22FNO3. The van der Waals surface area contributed by atoms with Gasteiger partial charge in [0.15, 0.2) is 0 Å². The molecule has 0 aliphatic carbocycles. The maximum Gasteiger partial charge on any atom is 0.224 e. The van der Waals surface area contributed by atoms with Crippen molar-refractivity contribution in [1.82, 2.24) is 5.32 Å². The van der Waals surface area contributed by atoms with E-state index in [9.17, 15) is 14.3 Å². The molecule has 1 atom stereocenters. The monoisotopic (exact) mass is 331 g/mol. The van der Waals surface area contributed by atoms with Gasteiger partial charge >= 0.3 is 0 Å². The highest BCUT2D eigenvalue weighted by Gasteiger charge is 2.10. The normalized spacial score (nSPS) is 12.0. The Kier molecular flexibility index (Phi) is 6.32. The Morgan fingerprint density at radius 3 is 2.33 bits per heavy atom. The Morgan fingerprint density at radius 2 is 1.75 bits per heavy atom. The first-order valence-electron chi connectivity index (χ1n) is 7.90. The summed E-state index contributed by atoms with van der Waals surface area (Å²) >= 11 is 0. The SMILES string of the molecule is CC(C)Oc1ccc(C(O)CNC(=O)Cc2ccc(F)cc2)cc1. The number of hydrogen-bond acceptors (Lipinski definition) is 3. The van der Waals surface area contributed by atoms with Crippen molar-refractivity contribution in [3.8, 4) is 5.75 Å². The fraction of sp³-hybridized carbons (Fsp3) is 0.316. The van der Waals surface area contributed by atoms with E-state index in [0.717, 1.165) is 11.3 Å². The molecule has 4 nitrogen and oxygen atoms in total. The quantitative estimate of drug-likeness (QED) is 0.820. The van der Waals surface area contributed by atoms with E-state index in [1.807, 2.05) is 13.8 Å². The zero-order chi connectivity index (χ0) is 17.5. The van der Waals surface area contributed by atoms with Crippen molar-refractivity contribution in [2.75, 3.05) is 6.54 Å². The van der Waals surface area contributed by atoms with Crippen LogP contribution in [0.2, 0.25) is 0 Å². The molecule has 2 N–H and O–H groups in total. The molecule has 5 heteroatoms. The number of nitrogens with one attached hydrogen (secondary N) is 1. The number of carbonyl (C=O) groups is 1. The van der Waals surface area contributed by atoms with E-state index in [-0.39, 0.29) is 30.8 Å². The summed E-state index contributed by atoms with van der Waals surface area (Å²) in [5.74, 6) is 0.182. The Bertz CT molecular complexity index is 653. The van der Waals surface area contributed by atoms with Crippen LogP contribution >= 0.6 is 0 Å². The summed E-state index contributed by atoms with van der Waals surface area (Å²) in [5.41, 5.74) is 1.42. The molecule has 24 heavy (non-hydrogen) atoms. The van der Waals surface area contributed by atoms with Crippen molar-refractivity contribution in [2.45, 2.75) is 32.5 Å². The van der Waals surface area contributed by atoms with Gasteiger partial charge in [-0.2, -0.15) is 0 Å². The van der Waals surface area contributed by atoms with E-state index in [4.69, 9.17) is 4.74 Å². The van der Waals surface area contributed by atoms with E-state index in [2.05, 4.69) is 5.32 Å². The third kappa shape index (κ3) is 5.66. The molecule has 0 radical (unpaired) electrons. The minimum absolute atomic E-state index is 0.0894. The van der Waals surface area contributed by atoms with Crippen LogP contribution in [0.1, 0.15) is 31.1 Å². The van der Waals surface area contributed by atoms with Gasteiger partial charge in [0.25, 0.3) is 0 Å². The largest absolute Gasteiger partial charge is 0.491 e. The maximum atomic E-state index is 12.8. The average molecular weight is 331 g/mol. The first kappa shape index (κ1) is 17.9. The van der Waals surface area contributed by atoms with E-state index >= 15 is 0 Å². The van der Waals surface area contributed by atoms with Crippen LogP contribution in [-0.2, 0) is 11.2 Å². The highest BCUT2D eigenvalue weighted by atomic mass is 19.1. The number of hydrogen-bond donors (Lipinski definition) is 2. The van der Waals surface area contributed by atoms with E-state index < -0.39 is 6.10 Å². The van der Waals surface area contributed by atoms with Crippen LogP contribution in [0.4, 0.5) is 4.39 Å². The second-order valence-electron chi connectivity index (χ2n) is 5.86. The predicted molar refractivity (Wildman–Crippen MR) is 90.3 cm³/mol. The third-order valence-electron chi connectivity index (χ3n) is 3.41. The number of rotatable bonds is 7. The number of aliphatic hydroxyl groups excluding tert-OH is 1. The Balaban J connectivity index is 1.82. The zero-order valence-electron chi connectivity index (χ0n) is 13.8. The smallest absolute Gasteiger partial charge is 0.224 e. The van der Waals surface area contributed by atoms with Gasteiger partial charge in [-0.15, -0.1) is 0 Å². The molecular weight excluding hydrogens is 309 g/mol. The molecule has 0 heterocycles. The lowest BCUT2D eigenvalue weighted by Gasteiger charge is -2.14. The molecule has 0 saturated heterocycles. The highest BCUT2D eigenvalue weighted by molar-refractivity contribution is 5.78. The summed E-state index contributed by atoms with van der Waals surface area (Å²) < 4.78 is 18.4. The van der Waals surface area contributed by atoms with Gasteiger partial charge in [0.05, 0.1) is 18.6 Å². The lowest BCUT2D eigenvalue weighted by atomic mass is 10.1. The zero-order valence-corrected chi connectivity index (χ0v) is 13.8. The van der Waals surface area contributed by atoms with E-state index in [1.165, 1.54) is 12.1 Å². The summed E-state index contributed by atoms with van der Waals surface area (Å²) in [6.45, 7) is 4.00. The van der Waals surface area contributed by atoms with Crippen molar-refractivity contribution >= 4 is 5.91 Å². The Labute approximate surface area is 141 Å². The Morgan fingerprint density at radius 1 is 1.12 bits per heavy atom. The predicted octanol–water partition coefficient (Wildman–Crippen LogP) is 3.01. The van der Waals surface area contributed by atoms with Crippen LogP contribution in [0.25, 0.3) is 0 Å². The summed E-state index contributed by atoms with van der Waals surface area (Å²) in [6, 6.07) is 12.9. The molecule has 2 aromatic rings. The van der Waals surface area contributed by atoms with Crippen LogP contribution in [0, 0.1) is 5.82 Å². The standard InChI is InChI=1S/C19H22FNO3/c1-13(2)24-17-9-5-15(6-10-17)18(22)12-21-19(23)11-14-3-7-16(20)8-4-14/h3-10,13,18,22H,11-12H2,1-2H3,(H,21,23). The molecule has 0 spiro atoms. The minimum atomic E-state index is -0.796. The molecule has 128 valence electrons. The van der Waals surface area contributed by atoms with Gasteiger partial charge in [-0.05, 0) is 49.2 Å². The molecule has 0 aliphatic rings. The molecule has 2 rings (SSSR count). The molecule has 0 fully saturated rings. The van der Waals surface area contributed by atoms with Crippen molar-refractivity contribution in [2.24, 2.45) is 0 Å². The van der Waals surface area contributed by atoms with Crippen molar-refractivity contribution < 1.29 is 19.0 Å². The first-order valence-corrected chi connectivity index (χ1v) is 7.90. The van der Waals surface area contributed by atoms with Gasteiger partial charge in [0.2, 0.25) is 5.91 Å². The number of amides is 1. The molecule has 0 bridgehead atoms. The van der Waals surface area contributed by atoms with Gasteiger partial charge in [0.1, 0.15) is 11.6 Å². The van der Waals surface area contributed by atoms with Crippen LogP contribution in [0.3, 0.4) is 0 Å². The van der Waals surface area contributed by atoms with Gasteiger partial charge in [-0.25, -0.2) is 4.39 Å². The van der Waals surface area contributed by atoms with Gasteiger partial charge in [-0.3, -0.25) is 4.79 Å². The van der Waals surface area contributed by atoms with Crippen molar-refractivity contribution in [3.05, 3.63) is 65.5 Å². The topological polar surface area (TPSA) is 58.6 Å². The lowest BCUT2D eigenvalue weighted by Crippen LogP contribution is -2.29. The maximum absolute atomic E-state index is 12.8. The van der Waals surface area contributed by atoms with E-state index in [1.54, 1.807) is 36.4 Å². The number of carbonyl (C=O) groups excluding carboxylic acids is 1. The van der Waals surface area contributed by atoms with Crippen LogP contribution in [-0.4, -0.2) is 23.7 Å². The lowest BCUT2D eigenvalue weighted by molar-refractivity contribution is -0.120. The number of benzene rings is 2. The second-order valence-corrected chi connectivity index (χ2v) is 5.86. The van der Waals surface area contributed by atoms with Crippen LogP contribution < -0.4 is 10.1 Å².